The van der Waals surface area contributed by atoms with Crippen LogP contribution in [0.1, 0.15) is 13.8 Å². The van der Waals surface area contributed by atoms with Crippen LogP contribution in [0, 0.1) is 6.29 Å². The van der Waals surface area contributed by atoms with E-state index in [1.165, 1.54) is 7.11 Å². The third-order valence-corrected chi connectivity index (χ3v) is 1.58. The first kappa shape index (κ1) is 15.2. The first-order chi connectivity index (χ1) is 7.74. The Balaban J connectivity index is 3.47. The van der Waals surface area contributed by atoms with Crippen molar-refractivity contribution in [1.29, 1.82) is 0 Å². The molecule has 0 atom stereocenters. The van der Waals surface area contributed by atoms with E-state index >= 15 is 0 Å². The van der Waals surface area contributed by atoms with Crippen LogP contribution in [-0.4, -0.2) is 46.2 Å². The first-order valence-electron chi connectivity index (χ1n) is 5.25. The highest BCUT2D eigenvalue weighted by Crippen LogP contribution is 2.00. The summed E-state index contributed by atoms with van der Waals surface area (Å²) >= 11 is 0. The average molecular weight is 234 g/mol. The van der Waals surface area contributed by atoms with Gasteiger partial charge in [0.2, 0.25) is 6.29 Å². The van der Waals surface area contributed by atoms with E-state index in [4.69, 9.17) is 18.9 Å². The monoisotopic (exact) mass is 234 g/mol. The molecule has 6 nitrogen and oxygen atoms in total. The zero-order valence-electron chi connectivity index (χ0n) is 10.1. The van der Waals surface area contributed by atoms with Gasteiger partial charge in [0.15, 0.2) is 0 Å². The van der Waals surface area contributed by atoms with Crippen molar-refractivity contribution < 1.29 is 23.7 Å². The molecule has 0 bridgehead atoms. The Bertz CT molecular complexity index is 177. The summed E-state index contributed by atoms with van der Waals surface area (Å²) in [6.45, 7) is 5.62. The number of alkyl carbamates (subject to hydrolysis) is 1. The fourth-order valence-electron chi connectivity index (χ4n) is 0.876. The van der Waals surface area contributed by atoms with Crippen molar-refractivity contribution in [3.05, 3.63) is 6.29 Å². The van der Waals surface area contributed by atoms with Crippen LogP contribution in [0.4, 0.5) is 4.79 Å². The predicted octanol–water partition coefficient (Wildman–Crippen LogP) is 0.921. The molecule has 0 heterocycles. The molecule has 0 saturated heterocycles. The van der Waals surface area contributed by atoms with Crippen molar-refractivity contribution >= 4 is 6.09 Å². The summed E-state index contributed by atoms with van der Waals surface area (Å²) in [5.74, 6) is 0. The molecule has 1 radical (unpaired) electrons. The number of nitrogens with one attached hydrogen (secondary N) is 1. The molecule has 1 amide bonds. The molecular weight excluding hydrogens is 214 g/mol. The summed E-state index contributed by atoms with van der Waals surface area (Å²) in [4.78, 5) is 11.1. The van der Waals surface area contributed by atoms with E-state index in [-0.39, 0.29) is 13.2 Å². The van der Waals surface area contributed by atoms with Gasteiger partial charge in [0.1, 0.15) is 6.61 Å². The number of hydrogen-bond acceptors (Lipinski definition) is 5. The SMILES string of the molecule is CCOCCOC(=O)NC[C](OC)OCC. The van der Waals surface area contributed by atoms with E-state index in [2.05, 4.69) is 5.32 Å². The standard InChI is InChI=1S/C10H20NO5/c1-4-14-6-7-16-10(12)11-8-9(13-3)15-5-2/h4-8H2,1-3H3,(H,11,12). The van der Waals surface area contributed by atoms with Crippen molar-refractivity contribution in [1.82, 2.24) is 5.32 Å². The van der Waals surface area contributed by atoms with Gasteiger partial charge in [0, 0.05) is 20.3 Å². The van der Waals surface area contributed by atoms with E-state index in [1.807, 2.05) is 13.8 Å². The van der Waals surface area contributed by atoms with E-state index < -0.39 is 6.09 Å². The lowest BCUT2D eigenvalue weighted by molar-refractivity contribution is -0.0187. The lowest BCUT2D eigenvalue weighted by Crippen LogP contribution is -2.31. The molecule has 0 fully saturated rings. The van der Waals surface area contributed by atoms with Gasteiger partial charge in [-0.1, -0.05) is 0 Å². The van der Waals surface area contributed by atoms with Crippen LogP contribution in [0.5, 0.6) is 0 Å². The molecule has 95 valence electrons. The summed E-state index contributed by atoms with van der Waals surface area (Å²) in [7, 11) is 1.48. The van der Waals surface area contributed by atoms with E-state index in [9.17, 15) is 4.79 Å². The highest BCUT2D eigenvalue weighted by atomic mass is 16.7. The molecule has 0 aliphatic carbocycles. The maximum Gasteiger partial charge on any atom is 0.407 e. The van der Waals surface area contributed by atoms with Crippen LogP contribution in [0.2, 0.25) is 0 Å². The Morgan fingerprint density at radius 3 is 2.44 bits per heavy atom. The Kier molecular flexibility index (Phi) is 10.1. The first-order valence-corrected chi connectivity index (χ1v) is 5.25. The molecule has 16 heavy (non-hydrogen) atoms. The Hall–Kier alpha value is -0.850. The molecule has 0 unspecified atom stereocenters. The number of carbonyl (C=O) groups is 1. The van der Waals surface area contributed by atoms with Crippen LogP contribution in [0.25, 0.3) is 0 Å². The number of amides is 1. The minimum absolute atomic E-state index is 0.178. The van der Waals surface area contributed by atoms with Crippen molar-refractivity contribution in [2.45, 2.75) is 13.8 Å². The van der Waals surface area contributed by atoms with Crippen molar-refractivity contribution in [3.63, 3.8) is 0 Å². The van der Waals surface area contributed by atoms with Gasteiger partial charge in [0.05, 0.1) is 13.2 Å². The van der Waals surface area contributed by atoms with Gasteiger partial charge < -0.3 is 24.3 Å². The van der Waals surface area contributed by atoms with Crippen molar-refractivity contribution in [2.24, 2.45) is 0 Å². The van der Waals surface area contributed by atoms with Crippen LogP contribution in [0.3, 0.4) is 0 Å². The number of hydrogen-bond donors (Lipinski definition) is 1. The average Bonchev–Trinajstić information content (AvgIpc) is 2.30. The van der Waals surface area contributed by atoms with Crippen LogP contribution >= 0.6 is 0 Å². The number of ether oxygens (including phenoxy) is 4. The van der Waals surface area contributed by atoms with Gasteiger partial charge in [-0.3, -0.25) is 0 Å². The molecule has 0 aliphatic heterocycles. The molecule has 0 rings (SSSR count). The summed E-state index contributed by atoms with van der Waals surface area (Å²) in [5.41, 5.74) is 0. The number of carbonyl (C=O) groups excluding carboxylic acids is 1. The van der Waals surface area contributed by atoms with E-state index in [1.54, 1.807) is 0 Å². The largest absolute Gasteiger partial charge is 0.447 e. The van der Waals surface area contributed by atoms with Gasteiger partial charge in [-0.25, -0.2) is 4.79 Å². The second-order valence-corrected chi connectivity index (χ2v) is 2.70. The minimum atomic E-state index is -0.519. The van der Waals surface area contributed by atoms with Crippen molar-refractivity contribution in [3.8, 4) is 0 Å². The second kappa shape index (κ2) is 10.7. The molecule has 6 heteroatoms. The fourth-order valence-corrected chi connectivity index (χ4v) is 0.876. The van der Waals surface area contributed by atoms with Crippen LogP contribution in [0.15, 0.2) is 0 Å². The number of methoxy groups -OCH3 is 1. The van der Waals surface area contributed by atoms with Gasteiger partial charge in [-0.15, -0.1) is 0 Å². The molecular formula is C10H20NO5. The summed E-state index contributed by atoms with van der Waals surface area (Å²) < 4.78 is 19.8. The lowest BCUT2D eigenvalue weighted by atomic mass is 10.6. The lowest BCUT2D eigenvalue weighted by Gasteiger charge is -2.13. The third-order valence-electron chi connectivity index (χ3n) is 1.58. The fraction of sp³-hybridized carbons (Fsp3) is 0.800. The Morgan fingerprint density at radius 1 is 1.12 bits per heavy atom. The molecule has 0 aliphatic rings. The highest BCUT2D eigenvalue weighted by Gasteiger charge is 2.11. The third kappa shape index (κ3) is 8.46. The van der Waals surface area contributed by atoms with E-state index in [0.717, 1.165) is 0 Å². The summed E-state index contributed by atoms with van der Waals surface area (Å²) in [6.07, 6.45) is -0.168. The molecule has 0 saturated carbocycles. The molecule has 0 spiro atoms. The number of rotatable bonds is 9. The molecule has 1 N–H and O–H groups in total. The normalized spacial score (nSPS) is 10.5. The molecule has 0 aromatic heterocycles. The van der Waals surface area contributed by atoms with Gasteiger partial charge in [0.25, 0.3) is 0 Å². The maximum atomic E-state index is 11.1. The smallest absolute Gasteiger partial charge is 0.407 e. The van der Waals surface area contributed by atoms with Gasteiger partial charge in [-0.05, 0) is 13.8 Å². The topological polar surface area (TPSA) is 66.0 Å². The summed E-state index contributed by atoms with van der Waals surface area (Å²) in [6, 6.07) is 0. The summed E-state index contributed by atoms with van der Waals surface area (Å²) in [5, 5.41) is 2.49. The van der Waals surface area contributed by atoms with Gasteiger partial charge in [-0.2, -0.15) is 0 Å². The zero-order valence-corrected chi connectivity index (χ0v) is 10.1. The Morgan fingerprint density at radius 2 is 1.88 bits per heavy atom. The van der Waals surface area contributed by atoms with Gasteiger partial charge >= 0.3 is 6.09 Å². The second-order valence-electron chi connectivity index (χ2n) is 2.70. The van der Waals surface area contributed by atoms with Crippen LogP contribution < -0.4 is 5.32 Å². The maximum absolute atomic E-state index is 11.1. The predicted molar refractivity (Wildman–Crippen MR) is 57.7 cm³/mol. The molecule has 0 aromatic carbocycles. The quantitative estimate of drug-likeness (QED) is 0.601. The zero-order chi connectivity index (χ0) is 12.2. The molecule has 0 aromatic rings. The minimum Gasteiger partial charge on any atom is -0.447 e. The van der Waals surface area contributed by atoms with Crippen molar-refractivity contribution in [2.75, 3.05) is 40.1 Å². The Labute approximate surface area is 96.2 Å². The highest BCUT2D eigenvalue weighted by molar-refractivity contribution is 5.67. The van der Waals surface area contributed by atoms with E-state index in [0.29, 0.717) is 26.1 Å². The van der Waals surface area contributed by atoms with Crippen LogP contribution in [-0.2, 0) is 18.9 Å².